The van der Waals surface area contributed by atoms with Gasteiger partial charge in [0.05, 0.1) is 5.02 Å². The Bertz CT molecular complexity index is 358. The molecule has 0 aromatic carbocycles. The third kappa shape index (κ3) is 2.56. The highest BCUT2D eigenvalue weighted by Crippen LogP contribution is 2.15. The number of carbonyl (C=O) groups excluding carboxylic acids is 1. The second kappa shape index (κ2) is 4.23. The monoisotopic (exact) mass is 217 g/mol. The Morgan fingerprint density at radius 2 is 2.43 bits per heavy atom. The first-order valence-corrected chi connectivity index (χ1v) is 4.25. The van der Waals surface area contributed by atoms with E-state index in [2.05, 4.69) is 10.3 Å². The van der Waals surface area contributed by atoms with Gasteiger partial charge < -0.3 is 11.1 Å². The van der Waals surface area contributed by atoms with Crippen molar-refractivity contribution in [2.24, 2.45) is 5.73 Å². The van der Waals surface area contributed by atoms with Crippen LogP contribution >= 0.6 is 11.6 Å². The lowest BCUT2D eigenvalue weighted by Crippen LogP contribution is -2.33. The van der Waals surface area contributed by atoms with Gasteiger partial charge >= 0.3 is 0 Å². The van der Waals surface area contributed by atoms with E-state index in [9.17, 15) is 9.18 Å². The topological polar surface area (TPSA) is 68.0 Å². The number of amides is 1. The molecule has 1 atom stereocenters. The highest BCUT2D eigenvalue weighted by molar-refractivity contribution is 6.30. The molecule has 0 radical (unpaired) electrons. The molecule has 1 aromatic heterocycles. The Hall–Kier alpha value is -1.36. The molecule has 6 heteroatoms. The quantitative estimate of drug-likeness (QED) is 0.799. The minimum Gasteiger partial charge on any atom is -0.368 e. The number of carbonyl (C=O) groups is 1. The molecular formula is C8H9ClFN3O. The van der Waals surface area contributed by atoms with Gasteiger partial charge in [-0.15, -0.1) is 0 Å². The summed E-state index contributed by atoms with van der Waals surface area (Å²) in [6.07, 6.45) is 1.28. The Morgan fingerprint density at radius 3 is 2.93 bits per heavy atom. The summed E-state index contributed by atoms with van der Waals surface area (Å²) in [6.45, 7) is 1.51. The van der Waals surface area contributed by atoms with E-state index < -0.39 is 17.8 Å². The van der Waals surface area contributed by atoms with Crippen molar-refractivity contribution < 1.29 is 9.18 Å². The Labute approximate surface area is 85.3 Å². The number of nitrogens with one attached hydrogen (secondary N) is 1. The van der Waals surface area contributed by atoms with Gasteiger partial charge in [0.15, 0.2) is 11.6 Å². The van der Waals surface area contributed by atoms with Gasteiger partial charge in [-0.3, -0.25) is 4.79 Å². The zero-order valence-electron chi connectivity index (χ0n) is 7.42. The van der Waals surface area contributed by atoms with Crippen LogP contribution in [0, 0.1) is 5.82 Å². The second-order valence-corrected chi connectivity index (χ2v) is 3.19. The first-order chi connectivity index (χ1) is 6.50. The number of hydrogen-bond acceptors (Lipinski definition) is 3. The number of aromatic nitrogens is 1. The number of nitrogens with two attached hydrogens (primary N) is 1. The molecule has 76 valence electrons. The first kappa shape index (κ1) is 10.7. The predicted molar refractivity (Wildman–Crippen MR) is 51.5 cm³/mol. The Balaban J connectivity index is 2.82. The summed E-state index contributed by atoms with van der Waals surface area (Å²) < 4.78 is 13.1. The highest BCUT2D eigenvalue weighted by Gasteiger charge is 2.11. The molecule has 1 rings (SSSR count). The van der Waals surface area contributed by atoms with Crippen LogP contribution < -0.4 is 11.1 Å². The molecule has 0 aliphatic carbocycles. The van der Waals surface area contributed by atoms with Crippen molar-refractivity contribution in [1.82, 2.24) is 4.98 Å². The van der Waals surface area contributed by atoms with Crippen LogP contribution in [-0.4, -0.2) is 16.9 Å². The van der Waals surface area contributed by atoms with E-state index in [4.69, 9.17) is 17.3 Å². The molecule has 1 unspecified atom stereocenters. The molecule has 1 aromatic rings. The summed E-state index contributed by atoms with van der Waals surface area (Å²) in [5.74, 6) is -1.24. The van der Waals surface area contributed by atoms with Crippen LogP contribution in [0.15, 0.2) is 12.3 Å². The molecule has 0 saturated carbocycles. The summed E-state index contributed by atoms with van der Waals surface area (Å²) in [6, 6.07) is 0.420. The summed E-state index contributed by atoms with van der Waals surface area (Å²) in [5.41, 5.74) is 4.99. The number of hydrogen-bond donors (Lipinski definition) is 2. The van der Waals surface area contributed by atoms with E-state index >= 15 is 0 Å². The normalized spacial score (nSPS) is 12.2. The molecular weight excluding hydrogens is 209 g/mol. The molecule has 0 spiro atoms. The molecule has 14 heavy (non-hydrogen) atoms. The van der Waals surface area contributed by atoms with Crippen LogP contribution in [0.3, 0.4) is 0 Å². The van der Waals surface area contributed by atoms with Crippen LogP contribution in [0.1, 0.15) is 6.92 Å². The van der Waals surface area contributed by atoms with Crippen molar-refractivity contribution >= 4 is 23.3 Å². The van der Waals surface area contributed by atoms with E-state index in [1.54, 1.807) is 0 Å². The third-order valence-corrected chi connectivity index (χ3v) is 1.79. The van der Waals surface area contributed by atoms with Gasteiger partial charge in [0, 0.05) is 6.20 Å². The zero-order chi connectivity index (χ0) is 10.7. The highest BCUT2D eigenvalue weighted by atomic mass is 35.5. The molecule has 0 bridgehead atoms. The molecule has 4 nitrogen and oxygen atoms in total. The second-order valence-electron chi connectivity index (χ2n) is 2.75. The first-order valence-electron chi connectivity index (χ1n) is 3.87. The van der Waals surface area contributed by atoms with Gasteiger partial charge in [-0.25, -0.2) is 9.37 Å². The fourth-order valence-electron chi connectivity index (χ4n) is 0.797. The Kier molecular flexibility index (Phi) is 3.24. The fourth-order valence-corrected chi connectivity index (χ4v) is 0.942. The van der Waals surface area contributed by atoms with Crippen LogP contribution in [0.25, 0.3) is 0 Å². The largest absolute Gasteiger partial charge is 0.368 e. The average Bonchev–Trinajstić information content (AvgIpc) is 2.09. The van der Waals surface area contributed by atoms with Crippen LogP contribution in [-0.2, 0) is 4.79 Å². The molecule has 0 aliphatic rings. The van der Waals surface area contributed by atoms with Gasteiger partial charge in [-0.2, -0.15) is 0 Å². The average molecular weight is 218 g/mol. The fraction of sp³-hybridized carbons (Fsp3) is 0.250. The number of primary amides is 1. The van der Waals surface area contributed by atoms with Gasteiger partial charge in [0.25, 0.3) is 0 Å². The number of anilines is 1. The standard InChI is InChI=1S/C8H9ClFN3O/c1-4(7(11)14)13-8-6(10)2-5(9)3-12-8/h2-4H,1H3,(H2,11,14)(H,12,13). The summed E-state index contributed by atoms with van der Waals surface area (Å²) >= 11 is 5.49. The van der Waals surface area contributed by atoms with E-state index in [0.29, 0.717) is 0 Å². The lowest BCUT2D eigenvalue weighted by molar-refractivity contribution is -0.118. The molecule has 1 heterocycles. The minimum absolute atomic E-state index is 0.0410. The summed E-state index contributed by atoms with van der Waals surface area (Å²) in [7, 11) is 0. The van der Waals surface area contributed by atoms with E-state index in [-0.39, 0.29) is 10.8 Å². The van der Waals surface area contributed by atoms with E-state index in [1.807, 2.05) is 0 Å². The van der Waals surface area contributed by atoms with Crippen molar-refractivity contribution in [2.45, 2.75) is 13.0 Å². The number of pyridine rings is 1. The maximum atomic E-state index is 13.1. The third-order valence-electron chi connectivity index (χ3n) is 1.59. The van der Waals surface area contributed by atoms with Crippen molar-refractivity contribution in [1.29, 1.82) is 0 Å². The van der Waals surface area contributed by atoms with Crippen molar-refractivity contribution in [2.75, 3.05) is 5.32 Å². The number of nitrogens with zero attached hydrogens (tertiary/aromatic N) is 1. The van der Waals surface area contributed by atoms with Crippen molar-refractivity contribution in [3.63, 3.8) is 0 Å². The molecule has 0 saturated heterocycles. The van der Waals surface area contributed by atoms with Crippen LogP contribution in [0.2, 0.25) is 5.02 Å². The smallest absolute Gasteiger partial charge is 0.239 e. The van der Waals surface area contributed by atoms with Gasteiger partial charge in [-0.1, -0.05) is 11.6 Å². The van der Waals surface area contributed by atoms with E-state index in [0.717, 1.165) is 6.07 Å². The lowest BCUT2D eigenvalue weighted by Gasteiger charge is -2.10. The maximum Gasteiger partial charge on any atom is 0.239 e. The predicted octanol–water partition coefficient (Wildman–Crippen LogP) is 1.16. The molecule has 0 aliphatic heterocycles. The maximum absolute atomic E-state index is 13.1. The minimum atomic E-state index is -0.682. The number of halogens is 2. The summed E-state index contributed by atoms with van der Waals surface area (Å²) in [4.78, 5) is 14.3. The lowest BCUT2D eigenvalue weighted by atomic mass is 10.3. The van der Waals surface area contributed by atoms with Crippen LogP contribution in [0.4, 0.5) is 10.2 Å². The van der Waals surface area contributed by atoms with Gasteiger partial charge in [0.1, 0.15) is 6.04 Å². The summed E-state index contributed by atoms with van der Waals surface area (Å²) in [5, 5.41) is 2.71. The number of rotatable bonds is 3. The molecule has 0 fully saturated rings. The zero-order valence-corrected chi connectivity index (χ0v) is 8.18. The van der Waals surface area contributed by atoms with Crippen molar-refractivity contribution in [3.05, 3.63) is 23.1 Å². The van der Waals surface area contributed by atoms with Gasteiger partial charge in [0.2, 0.25) is 5.91 Å². The van der Waals surface area contributed by atoms with E-state index in [1.165, 1.54) is 13.1 Å². The van der Waals surface area contributed by atoms with Crippen LogP contribution in [0.5, 0.6) is 0 Å². The molecule has 1 amide bonds. The molecule has 3 N–H and O–H groups in total. The van der Waals surface area contributed by atoms with Gasteiger partial charge in [-0.05, 0) is 13.0 Å². The SMILES string of the molecule is CC(Nc1ncc(Cl)cc1F)C(N)=O. The Morgan fingerprint density at radius 1 is 1.79 bits per heavy atom. The van der Waals surface area contributed by atoms with Crippen molar-refractivity contribution in [3.8, 4) is 0 Å².